The van der Waals surface area contributed by atoms with Crippen LogP contribution in [0.4, 0.5) is 5.82 Å². The zero-order valence-electron chi connectivity index (χ0n) is 15.1. The molecule has 0 bridgehead atoms. The number of rotatable bonds is 4. The number of hydrogen-bond donors (Lipinski definition) is 0. The molecule has 0 unspecified atom stereocenters. The van der Waals surface area contributed by atoms with Gasteiger partial charge in [0.1, 0.15) is 11.5 Å². The van der Waals surface area contributed by atoms with Gasteiger partial charge in [-0.2, -0.15) is 9.47 Å². The molecule has 0 aliphatic carbocycles. The Morgan fingerprint density at radius 1 is 0.963 bits per heavy atom. The van der Waals surface area contributed by atoms with E-state index in [4.69, 9.17) is 0 Å². The highest BCUT2D eigenvalue weighted by Crippen LogP contribution is 2.29. The highest BCUT2D eigenvalue weighted by atomic mass is 32.1. The van der Waals surface area contributed by atoms with Crippen molar-refractivity contribution in [3.63, 3.8) is 0 Å². The molecule has 8 heteroatoms. The number of benzene rings is 1. The molecule has 1 saturated heterocycles. The highest BCUT2D eigenvalue weighted by Gasteiger charge is 2.26. The second-order valence-corrected chi connectivity index (χ2v) is 7.87. The summed E-state index contributed by atoms with van der Waals surface area (Å²) in [5.41, 5.74) is 0.710. The van der Waals surface area contributed by atoms with Gasteiger partial charge in [-0.05, 0) is 29.7 Å². The van der Waals surface area contributed by atoms with Crippen LogP contribution in [0.1, 0.15) is 10.5 Å². The van der Waals surface area contributed by atoms with Crippen molar-refractivity contribution in [1.82, 2.24) is 24.0 Å². The molecule has 1 fully saturated rings. The van der Waals surface area contributed by atoms with Gasteiger partial charge in [0.15, 0.2) is 0 Å². The number of nitrogens with zero attached hydrogens (tertiary/aromatic N) is 6. The van der Waals surface area contributed by atoms with Gasteiger partial charge in [0.2, 0.25) is 0 Å². The Morgan fingerprint density at radius 3 is 2.70 bits per heavy atom. The lowest BCUT2D eigenvalue weighted by Crippen LogP contribution is -2.50. The van der Waals surface area contributed by atoms with E-state index in [0.717, 1.165) is 58.2 Å². The van der Waals surface area contributed by atoms with E-state index in [9.17, 15) is 4.79 Å². The van der Waals surface area contributed by atoms with Gasteiger partial charge in [0.25, 0.3) is 5.91 Å². The molecule has 5 rings (SSSR count). The zero-order valence-corrected chi connectivity index (χ0v) is 15.9. The fourth-order valence-electron chi connectivity index (χ4n) is 3.93. The van der Waals surface area contributed by atoms with Crippen molar-refractivity contribution in [3.05, 3.63) is 42.2 Å². The maximum absolute atomic E-state index is 12.5. The first-order valence-corrected chi connectivity index (χ1v) is 10.2. The Balaban J connectivity index is 1.17. The first-order valence-electron chi connectivity index (χ1n) is 9.42. The molecule has 1 aromatic carbocycles. The van der Waals surface area contributed by atoms with Crippen molar-refractivity contribution in [2.45, 2.75) is 6.54 Å². The summed E-state index contributed by atoms with van der Waals surface area (Å²) in [5.74, 6) is 1.22. The lowest BCUT2D eigenvalue weighted by Gasteiger charge is -2.36. The fraction of sp³-hybridized carbons (Fsp3) is 0.421. The monoisotopic (exact) mass is 382 g/mol. The summed E-state index contributed by atoms with van der Waals surface area (Å²) in [7, 11) is 0. The lowest BCUT2D eigenvalue weighted by molar-refractivity contribution is 0.0673. The van der Waals surface area contributed by atoms with Crippen LogP contribution in [0.3, 0.4) is 0 Å². The van der Waals surface area contributed by atoms with E-state index in [1.54, 1.807) is 22.4 Å². The van der Waals surface area contributed by atoms with E-state index in [0.29, 0.717) is 5.69 Å². The van der Waals surface area contributed by atoms with Crippen molar-refractivity contribution >= 4 is 33.3 Å². The SMILES string of the molecule is O=C1c2ccnn2CCN1CCN1CCN(c2nsc3ccccc23)CC1. The first-order chi connectivity index (χ1) is 13.3. The third kappa shape index (κ3) is 3.08. The van der Waals surface area contributed by atoms with Gasteiger partial charge in [0.05, 0.1) is 11.2 Å². The summed E-state index contributed by atoms with van der Waals surface area (Å²) in [6.45, 7) is 7.22. The van der Waals surface area contributed by atoms with E-state index in [2.05, 4.69) is 43.5 Å². The van der Waals surface area contributed by atoms with Crippen LogP contribution in [0.5, 0.6) is 0 Å². The molecule has 2 aliphatic rings. The average molecular weight is 382 g/mol. The van der Waals surface area contributed by atoms with Crippen LogP contribution < -0.4 is 4.90 Å². The molecule has 2 aromatic heterocycles. The van der Waals surface area contributed by atoms with Crippen LogP contribution in [-0.4, -0.2) is 75.7 Å². The first kappa shape index (κ1) is 16.7. The molecule has 140 valence electrons. The van der Waals surface area contributed by atoms with Crippen LogP contribution >= 0.6 is 11.5 Å². The Morgan fingerprint density at radius 2 is 1.81 bits per heavy atom. The maximum Gasteiger partial charge on any atom is 0.272 e. The molecular formula is C19H22N6OS. The Hall–Kier alpha value is -2.45. The summed E-state index contributed by atoms with van der Waals surface area (Å²) in [5, 5.41) is 5.45. The molecule has 2 aliphatic heterocycles. The summed E-state index contributed by atoms with van der Waals surface area (Å²) < 4.78 is 7.73. The van der Waals surface area contributed by atoms with Crippen LogP contribution in [0.15, 0.2) is 36.5 Å². The predicted molar refractivity (Wildman–Crippen MR) is 106 cm³/mol. The number of hydrogen-bond acceptors (Lipinski definition) is 6. The summed E-state index contributed by atoms with van der Waals surface area (Å²) >= 11 is 1.58. The molecule has 0 spiro atoms. The van der Waals surface area contributed by atoms with E-state index in [1.807, 2.05) is 11.0 Å². The van der Waals surface area contributed by atoms with E-state index < -0.39 is 0 Å². The Labute approximate surface area is 161 Å². The standard InChI is InChI=1S/C19H22N6OS/c26-19-16-5-6-20-25(16)14-13-24(19)12-9-22-7-10-23(11-8-22)18-15-3-1-2-4-17(15)27-21-18/h1-6H,7-14H2. The molecule has 3 aromatic rings. The Bertz CT molecular complexity index is 958. The summed E-state index contributed by atoms with van der Waals surface area (Å²) in [4.78, 5) is 19.3. The third-order valence-corrected chi connectivity index (χ3v) is 6.34. The van der Waals surface area contributed by atoms with Gasteiger partial charge in [-0.1, -0.05) is 12.1 Å². The smallest absolute Gasteiger partial charge is 0.272 e. The second kappa shape index (κ2) is 6.94. The number of amides is 1. The average Bonchev–Trinajstić information content (AvgIpc) is 3.35. The van der Waals surface area contributed by atoms with Gasteiger partial charge in [0, 0.05) is 57.4 Å². The molecule has 0 radical (unpaired) electrons. The van der Waals surface area contributed by atoms with Gasteiger partial charge < -0.3 is 9.80 Å². The number of carbonyl (C=O) groups is 1. The maximum atomic E-state index is 12.5. The van der Waals surface area contributed by atoms with E-state index in [1.165, 1.54) is 10.1 Å². The van der Waals surface area contributed by atoms with Crippen LogP contribution in [0.2, 0.25) is 0 Å². The van der Waals surface area contributed by atoms with Gasteiger partial charge in [-0.3, -0.25) is 14.4 Å². The van der Waals surface area contributed by atoms with E-state index >= 15 is 0 Å². The van der Waals surface area contributed by atoms with Crippen molar-refractivity contribution < 1.29 is 4.79 Å². The molecule has 0 N–H and O–H groups in total. The number of piperazine rings is 1. The molecule has 0 saturated carbocycles. The molecule has 1 amide bonds. The largest absolute Gasteiger partial charge is 0.353 e. The summed E-state index contributed by atoms with van der Waals surface area (Å²) in [6, 6.07) is 10.3. The van der Waals surface area contributed by atoms with E-state index in [-0.39, 0.29) is 5.91 Å². The van der Waals surface area contributed by atoms with Gasteiger partial charge >= 0.3 is 0 Å². The minimum Gasteiger partial charge on any atom is -0.353 e. The number of anilines is 1. The second-order valence-electron chi connectivity index (χ2n) is 7.06. The van der Waals surface area contributed by atoms with Crippen LogP contribution in [0.25, 0.3) is 10.1 Å². The number of aromatic nitrogens is 3. The van der Waals surface area contributed by atoms with Gasteiger partial charge in [-0.25, -0.2) is 0 Å². The lowest BCUT2D eigenvalue weighted by atomic mass is 10.2. The van der Waals surface area contributed by atoms with Crippen LogP contribution in [-0.2, 0) is 6.54 Å². The molecular weight excluding hydrogens is 360 g/mol. The predicted octanol–water partition coefficient (Wildman–Crippen LogP) is 1.77. The van der Waals surface area contributed by atoms with Crippen molar-refractivity contribution in [2.24, 2.45) is 0 Å². The molecule has 4 heterocycles. The number of fused-ring (bicyclic) bond motifs is 2. The molecule has 7 nitrogen and oxygen atoms in total. The minimum atomic E-state index is 0.103. The third-order valence-electron chi connectivity index (χ3n) is 5.52. The molecule has 27 heavy (non-hydrogen) atoms. The minimum absolute atomic E-state index is 0.103. The van der Waals surface area contributed by atoms with Crippen molar-refractivity contribution in [2.75, 3.05) is 50.7 Å². The zero-order chi connectivity index (χ0) is 18.2. The normalized spacial score (nSPS) is 18.3. The van der Waals surface area contributed by atoms with Gasteiger partial charge in [-0.15, -0.1) is 0 Å². The fourth-order valence-corrected chi connectivity index (χ4v) is 4.73. The van der Waals surface area contributed by atoms with Crippen molar-refractivity contribution in [1.29, 1.82) is 0 Å². The van der Waals surface area contributed by atoms with Crippen LogP contribution in [0, 0.1) is 0 Å². The summed E-state index contributed by atoms with van der Waals surface area (Å²) in [6.07, 6.45) is 1.71. The number of carbonyl (C=O) groups excluding carboxylic acids is 1. The Kier molecular flexibility index (Phi) is 4.29. The molecule has 0 atom stereocenters. The highest BCUT2D eigenvalue weighted by molar-refractivity contribution is 7.13. The van der Waals surface area contributed by atoms with Crippen molar-refractivity contribution in [3.8, 4) is 0 Å². The quantitative estimate of drug-likeness (QED) is 0.688. The topological polar surface area (TPSA) is 57.5 Å².